The Balaban J connectivity index is 0.000000314. The number of aliphatic carboxylic acids is 1. The molecule has 1 unspecified atom stereocenters. The molecule has 2 aliphatic heterocycles. The number of carbonyl (C=O) groups is 4. The molecule has 44 heavy (non-hydrogen) atoms. The summed E-state index contributed by atoms with van der Waals surface area (Å²) in [5.74, 6) is -2.02. The Hall–Kier alpha value is -2.85. The maximum absolute atomic E-state index is 12.3. The van der Waals surface area contributed by atoms with Crippen molar-refractivity contribution in [2.24, 2.45) is 11.5 Å². The summed E-state index contributed by atoms with van der Waals surface area (Å²) >= 11 is 1.38. The summed E-state index contributed by atoms with van der Waals surface area (Å²) in [5, 5.41) is 11.7. The number of carboxylic acids is 1. The first-order valence-corrected chi connectivity index (χ1v) is 17.2. The SMILES string of the molecule is CC1(C)S[C@@H]2[C@H](NC(=O)C(N)c3ccccc3)C(=O)N2[C@H]1C(=O)O.CCCCCCCC/C=C\CCCCCCCC(N)=O. The van der Waals surface area contributed by atoms with Crippen LogP contribution in [-0.2, 0) is 19.2 Å². The average molecular weight is 631 g/mol. The largest absolute Gasteiger partial charge is 0.480 e. The molecule has 2 aliphatic rings. The molecule has 246 valence electrons. The number of unbranched alkanes of at least 4 members (excludes halogenated alkanes) is 11. The number of β-lactam (4-membered cyclic amide) rings is 1. The third-order valence-corrected chi connectivity index (χ3v) is 9.67. The van der Waals surface area contributed by atoms with Crippen LogP contribution in [0.4, 0.5) is 0 Å². The minimum atomic E-state index is -1.03. The number of carboxylic acid groups (broad SMARTS) is 1. The molecular weight excluding hydrogens is 576 g/mol. The molecule has 0 aliphatic carbocycles. The third kappa shape index (κ3) is 11.9. The lowest BCUT2D eigenvalue weighted by Gasteiger charge is -2.43. The van der Waals surface area contributed by atoms with Crippen LogP contribution in [0.25, 0.3) is 0 Å². The summed E-state index contributed by atoms with van der Waals surface area (Å²) in [6.45, 7) is 5.84. The van der Waals surface area contributed by atoms with Crippen molar-refractivity contribution in [1.82, 2.24) is 10.2 Å². The molecule has 6 N–H and O–H groups in total. The number of thioether (sulfide) groups is 1. The normalized spacial score (nSPS) is 20.8. The lowest BCUT2D eigenvalue weighted by molar-refractivity contribution is -0.161. The molecule has 0 bridgehead atoms. The van der Waals surface area contributed by atoms with Gasteiger partial charge in [0.05, 0.1) is 0 Å². The number of carbonyl (C=O) groups excluding carboxylic acids is 3. The zero-order chi connectivity index (χ0) is 32.5. The van der Waals surface area contributed by atoms with Crippen LogP contribution in [0.2, 0.25) is 0 Å². The Labute approximate surface area is 268 Å². The van der Waals surface area contributed by atoms with E-state index in [0.717, 1.165) is 12.8 Å². The van der Waals surface area contributed by atoms with E-state index in [-0.39, 0.29) is 17.2 Å². The fourth-order valence-corrected chi connectivity index (χ4v) is 7.20. The van der Waals surface area contributed by atoms with Crippen LogP contribution in [0.5, 0.6) is 0 Å². The summed E-state index contributed by atoms with van der Waals surface area (Å²) in [6, 6.07) is 6.38. The van der Waals surface area contributed by atoms with Crippen molar-refractivity contribution < 1.29 is 24.3 Å². The van der Waals surface area contributed by atoms with E-state index >= 15 is 0 Å². The number of fused-ring (bicyclic) bond motifs is 1. The number of benzene rings is 1. The molecule has 4 atom stereocenters. The van der Waals surface area contributed by atoms with Crippen molar-refractivity contribution in [3.8, 4) is 0 Å². The standard InChI is InChI=1S/C18H35NO.C16H19N3O4S/c1-2-3-4-5-6-7-8-9-10-11-12-13-14-15-16-17-18(19)20;1-16(2)11(15(22)23)19-13(21)10(14(19)24-16)18-12(20)9(17)8-6-4-3-5-7-8/h9-10H,2-8,11-17H2,1H3,(H2,19,20);3-7,9-11,14H,17H2,1-2H3,(H,18,20)(H,22,23)/b10-9-;/t;9?,10-,11+,14-/m.1/s1. The van der Waals surface area contributed by atoms with Crippen molar-refractivity contribution >= 4 is 35.5 Å². The molecule has 9 nitrogen and oxygen atoms in total. The van der Waals surface area contributed by atoms with Gasteiger partial charge in [-0.2, -0.15) is 0 Å². The van der Waals surface area contributed by atoms with Gasteiger partial charge in [-0.1, -0.05) is 101 Å². The number of nitrogens with zero attached hydrogens (tertiary/aromatic N) is 1. The van der Waals surface area contributed by atoms with Crippen molar-refractivity contribution in [1.29, 1.82) is 0 Å². The first-order chi connectivity index (χ1) is 21.0. The van der Waals surface area contributed by atoms with E-state index in [2.05, 4.69) is 24.4 Å². The highest BCUT2D eigenvalue weighted by Crippen LogP contribution is 2.50. The number of primary amides is 1. The fraction of sp³-hybridized carbons (Fsp3) is 0.647. The van der Waals surface area contributed by atoms with Gasteiger partial charge in [-0.3, -0.25) is 14.4 Å². The van der Waals surface area contributed by atoms with E-state index in [0.29, 0.717) is 12.0 Å². The van der Waals surface area contributed by atoms with Gasteiger partial charge >= 0.3 is 5.97 Å². The summed E-state index contributed by atoms with van der Waals surface area (Å²) in [4.78, 5) is 48.0. The van der Waals surface area contributed by atoms with Gasteiger partial charge in [-0.25, -0.2) is 4.79 Å². The molecule has 1 aromatic rings. The molecule has 0 radical (unpaired) electrons. The number of rotatable bonds is 19. The van der Waals surface area contributed by atoms with Gasteiger partial charge in [0.25, 0.3) is 0 Å². The Morgan fingerprint density at radius 1 is 0.955 bits per heavy atom. The van der Waals surface area contributed by atoms with Gasteiger partial charge in [0, 0.05) is 11.2 Å². The number of amides is 3. The second-order valence-corrected chi connectivity index (χ2v) is 14.0. The highest BCUT2D eigenvalue weighted by atomic mass is 32.2. The van der Waals surface area contributed by atoms with E-state index in [1.807, 2.05) is 6.07 Å². The maximum atomic E-state index is 12.3. The molecule has 2 fully saturated rings. The van der Waals surface area contributed by atoms with E-state index in [9.17, 15) is 24.3 Å². The number of nitrogens with one attached hydrogen (secondary N) is 1. The highest BCUT2D eigenvalue weighted by molar-refractivity contribution is 8.01. The molecule has 3 amide bonds. The molecule has 3 rings (SSSR count). The number of hydrogen-bond acceptors (Lipinski definition) is 6. The second-order valence-electron chi connectivity index (χ2n) is 12.3. The average Bonchev–Trinajstić information content (AvgIpc) is 3.25. The molecule has 0 aromatic heterocycles. The number of nitrogens with two attached hydrogens (primary N) is 2. The van der Waals surface area contributed by atoms with Crippen LogP contribution >= 0.6 is 11.8 Å². The lowest BCUT2D eigenvalue weighted by Crippen LogP contribution is -2.71. The van der Waals surface area contributed by atoms with Crippen molar-refractivity contribution in [3.63, 3.8) is 0 Å². The predicted molar refractivity (Wildman–Crippen MR) is 178 cm³/mol. The van der Waals surface area contributed by atoms with E-state index < -0.39 is 34.7 Å². The summed E-state index contributed by atoms with van der Waals surface area (Å²) in [7, 11) is 0. The van der Waals surface area contributed by atoms with Gasteiger partial charge in [0.2, 0.25) is 17.7 Å². The van der Waals surface area contributed by atoms with Crippen LogP contribution < -0.4 is 16.8 Å². The van der Waals surface area contributed by atoms with Crippen molar-refractivity contribution in [2.75, 3.05) is 0 Å². The fourth-order valence-electron chi connectivity index (χ4n) is 5.57. The van der Waals surface area contributed by atoms with Crippen LogP contribution in [0, 0.1) is 0 Å². The van der Waals surface area contributed by atoms with Gasteiger partial charge < -0.3 is 26.8 Å². The van der Waals surface area contributed by atoms with Crippen LogP contribution in [0.15, 0.2) is 42.5 Å². The van der Waals surface area contributed by atoms with E-state index in [1.54, 1.807) is 38.1 Å². The Bertz CT molecular complexity index is 1080. The highest BCUT2D eigenvalue weighted by Gasteiger charge is 2.64. The molecular formula is C34H54N4O5S. The summed E-state index contributed by atoms with van der Waals surface area (Å²) in [5.41, 5.74) is 11.7. The monoisotopic (exact) mass is 630 g/mol. The van der Waals surface area contributed by atoms with Gasteiger partial charge in [-0.15, -0.1) is 11.8 Å². The van der Waals surface area contributed by atoms with Crippen molar-refractivity contribution in [3.05, 3.63) is 48.0 Å². The molecule has 0 saturated carbocycles. The first kappa shape index (κ1) is 37.3. The molecule has 0 spiro atoms. The summed E-state index contributed by atoms with van der Waals surface area (Å²) in [6.07, 6.45) is 21.9. The van der Waals surface area contributed by atoms with E-state index in [4.69, 9.17) is 11.5 Å². The van der Waals surface area contributed by atoms with Gasteiger partial charge in [-0.05, 0) is 51.5 Å². The topological polar surface area (TPSA) is 156 Å². The maximum Gasteiger partial charge on any atom is 0.327 e. The summed E-state index contributed by atoms with van der Waals surface area (Å²) < 4.78 is -0.618. The minimum absolute atomic E-state index is 0.164. The van der Waals surface area contributed by atoms with Crippen molar-refractivity contribution in [2.45, 2.75) is 139 Å². The number of hydrogen-bond donors (Lipinski definition) is 4. The third-order valence-electron chi connectivity index (χ3n) is 8.10. The van der Waals surface area contributed by atoms with Crippen LogP contribution in [-0.4, -0.2) is 55.9 Å². The lowest BCUT2D eigenvalue weighted by atomic mass is 9.95. The van der Waals surface area contributed by atoms with Gasteiger partial charge in [0.15, 0.2) is 0 Å². The predicted octanol–water partition coefficient (Wildman–Crippen LogP) is 5.83. The minimum Gasteiger partial charge on any atom is -0.480 e. The van der Waals surface area contributed by atoms with Gasteiger partial charge in [0.1, 0.15) is 23.5 Å². The Morgan fingerprint density at radius 2 is 1.50 bits per heavy atom. The van der Waals surface area contributed by atoms with Crippen LogP contribution in [0.1, 0.15) is 122 Å². The van der Waals surface area contributed by atoms with E-state index in [1.165, 1.54) is 87.3 Å². The van der Waals surface area contributed by atoms with Crippen LogP contribution in [0.3, 0.4) is 0 Å². The Kier molecular flexibility index (Phi) is 16.6. The Morgan fingerprint density at radius 3 is 2.05 bits per heavy atom. The molecule has 2 heterocycles. The zero-order valence-electron chi connectivity index (χ0n) is 26.8. The zero-order valence-corrected chi connectivity index (χ0v) is 27.7. The quantitative estimate of drug-likeness (QED) is 0.0852. The smallest absolute Gasteiger partial charge is 0.327 e. The molecule has 10 heteroatoms. The second kappa shape index (κ2) is 19.5. The first-order valence-electron chi connectivity index (χ1n) is 16.3. The number of allylic oxidation sites excluding steroid dienone is 2. The molecule has 1 aromatic carbocycles. The molecule has 2 saturated heterocycles.